The fourth-order valence-corrected chi connectivity index (χ4v) is 5.00. The number of amides is 1. The average molecular weight is 500 g/mol. The smallest absolute Gasteiger partial charge is 0.296 e. The van der Waals surface area contributed by atoms with Gasteiger partial charge < -0.3 is 0 Å². The molecule has 2 atom stereocenters. The minimum atomic E-state index is -4.46. The molecule has 2 aromatic heterocycles. The summed E-state index contributed by atoms with van der Waals surface area (Å²) in [5.41, 5.74) is 0.0671. The second kappa shape index (κ2) is 9.39. The van der Waals surface area contributed by atoms with E-state index in [9.17, 15) is 18.0 Å². The van der Waals surface area contributed by atoms with Crippen LogP contribution in [0.2, 0.25) is 5.15 Å². The summed E-state index contributed by atoms with van der Waals surface area (Å²) >= 11 is 6.94. The Labute approximate surface area is 193 Å². The normalized spacial score (nSPS) is 17.0. The Morgan fingerprint density at radius 2 is 2.12 bits per heavy atom. The van der Waals surface area contributed by atoms with Crippen molar-refractivity contribution < 1.29 is 18.0 Å². The number of hydrogen-bond donors (Lipinski definition) is 1. The van der Waals surface area contributed by atoms with Gasteiger partial charge >= 0.3 is 6.18 Å². The first-order valence-corrected chi connectivity index (χ1v) is 11.5. The number of hydrogen-bond acceptors (Lipinski definition) is 6. The Morgan fingerprint density at radius 1 is 1.31 bits per heavy atom. The van der Waals surface area contributed by atoms with E-state index in [4.69, 9.17) is 11.6 Å². The van der Waals surface area contributed by atoms with Crippen LogP contribution in [0.4, 0.5) is 18.3 Å². The third-order valence-electron chi connectivity index (χ3n) is 5.00. The van der Waals surface area contributed by atoms with Crippen molar-refractivity contribution in [2.24, 2.45) is 0 Å². The molecule has 4 rings (SSSR count). The van der Waals surface area contributed by atoms with Crippen LogP contribution in [0.15, 0.2) is 36.7 Å². The molecule has 1 aliphatic rings. The summed E-state index contributed by atoms with van der Waals surface area (Å²) in [5.74, 6) is -0.246. The molecule has 0 saturated carbocycles. The summed E-state index contributed by atoms with van der Waals surface area (Å²) < 4.78 is 39.7. The van der Waals surface area contributed by atoms with Crippen LogP contribution in [-0.2, 0) is 12.7 Å². The summed E-state index contributed by atoms with van der Waals surface area (Å²) in [7, 11) is 2.79. The highest BCUT2D eigenvalue weighted by molar-refractivity contribution is 7.17. The van der Waals surface area contributed by atoms with Gasteiger partial charge in [-0.15, -0.1) is 9.24 Å². The molecular weight excluding hydrogens is 482 g/mol. The van der Waals surface area contributed by atoms with Gasteiger partial charge in [-0.1, -0.05) is 35.1 Å². The zero-order chi connectivity index (χ0) is 22.9. The maximum Gasteiger partial charge on any atom is 0.416 e. The zero-order valence-electron chi connectivity index (χ0n) is 16.6. The molecule has 1 fully saturated rings. The quantitative estimate of drug-likeness (QED) is 0.481. The molecule has 1 N–H and O–H groups in total. The third-order valence-corrected chi connectivity index (χ3v) is 6.90. The number of alkyl halides is 3. The molecule has 1 aromatic carbocycles. The van der Waals surface area contributed by atoms with Gasteiger partial charge in [0.05, 0.1) is 23.7 Å². The van der Waals surface area contributed by atoms with Crippen molar-refractivity contribution in [1.82, 2.24) is 19.9 Å². The average Bonchev–Trinajstić information content (AvgIpc) is 3.34. The standard InChI is InChI=1S/C20H18ClF3N5OPS/c21-15-9-25-13(8-26-15)18(30)28-19-27-17(11-3-1-4-12(7-11)20(22,23)24)14(32-19)10-29-6-2-5-16(29)31/h1,3-4,7-9,16H,2,5-6,10,31H2,(H,27,28,30)/t16-/m1/s1. The first-order valence-electron chi connectivity index (χ1n) is 9.66. The molecule has 0 spiro atoms. The van der Waals surface area contributed by atoms with Gasteiger partial charge in [0.15, 0.2) is 5.13 Å². The van der Waals surface area contributed by atoms with Crippen molar-refractivity contribution in [2.75, 3.05) is 11.9 Å². The molecule has 1 saturated heterocycles. The van der Waals surface area contributed by atoms with Crippen LogP contribution in [0.1, 0.15) is 33.8 Å². The number of carbonyl (C=O) groups excluding carboxylic acids is 1. The monoisotopic (exact) mass is 499 g/mol. The van der Waals surface area contributed by atoms with Crippen molar-refractivity contribution in [2.45, 2.75) is 31.3 Å². The number of anilines is 1. The number of aromatic nitrogens is 3. The van der Waals surface area contributed by atoms with Crippen LogP contribution in [0.5, 0.6) is 0 Å². The zero-order valence-corrected chi connectivity index (χ0v) is 19.3. The highest BCUT2D eigenvalue weighted by atomic mass is 35.5. The molecular formula is C20H18ClF3N5OPS. The molecule has 6 nitrogen and oxygen atoms in total. The molecule has 3 aromatic rings. The number of nitrogens with zero attached hydrogens (tertiary/aromatic N) is 4. The second-order valence-corrected chi connectivity index (χ2v) is 9.47. The van der Waals surface area contributed by atoms with Gasteiger partial charge in [0.1, 0.15) is 10.8 Å². The summed E-state index contributed by atoms with van der Waals surface area (Å²) in [5, 5.41) is 3.09. The van der Waals surface area contributed by atoms with E-state index in [-0.39, 0.29) is 21.8 Å². The van der Waals surface area contributed by atoms with Gasteiger partial charge in [-0.3, -0.25) is 15.0 Å². The Kier molecular flexibility index (Phi) is 6.76. The Morgan fingerprint density at radius 3 is 2.78 bits per heavy atom. The molecule has 0 radical (unpaired) electrons. The number of benzene rings is 1. The van der Waals surface area contributed by atoms with Gasteiger partial charge in [0.25, 0.3) is 5.91 Å². The Balaban J connectivity index is 1.67. The van der Waals surface area contributed by atoms with E-state index in [0.717, 1.165) is 36.4 Å². The molecule has 168 valence electrons. The largest absolute Gasteiger partial charge is 0.416 e. The number of carbonyl (C=O) groups is 1. The minimum Gasteiger partial charge on any atom is -0.296 e. The van der Waals surface area contributed by atoms with Gasteiger partial charge in [-0.25, -0.2) is 15.0 Å². The molecule has 0 aliphatic carbocycles. The van der Waals surface area contributed by atoms with E-state index in [1.54, 1.807) is 6.07 Å². The van der Waals surface area contributed by atoms with E-state index in [2.05, 4.69) is 34.4 Å². The van der Waals surface area contributed by atoms with Gasteiger partial charge in [0, 0.05) is 22.8 Å². The SMILES string of the molecule is O=C(Nc1nc(-c2cccc(C(F)(F)F)c2)c(CN2CCC[C@H]2P)s1)c1cnc(Cl)cn1. The van der Waals surface area contributed by atoms with Gasteiger partial charge in [-0.2, -0.15) is 13.2 Å². The first-order chi connectivity index (χ1) is 15.2. The number of rotatable bonds is 5. The summed E-state index contributed by atoms with van der Waals surface area (Å²) in [4.78, 5) is 27.7. The van der Waals surface area contributed by atoms with Crippen LogP contribution < -0.4 is 5.32 Å². The second-order valence-electron chi connectivity index (χ2n) is 7.23. The van der Waals surface area contributed by atoms with Crippen molar-refractivity contribution >= 4 is 43.2 Å². The summed E-state index contributed by atoms with van der Waals surface area (Å²) in [6, 6.07) is 5.05. The van der Waals surface area contributed by atoms with E-state index in [1.165, 1.54) is 29.8 Å². The van der Waals surface area contributed by atoms with Crippen LogP contribution in [-0.4, -0.2) is 38.1 Å². The van der Waals surface area contributed by atoms with Gasteiger partial charge in [-0.05, 0) is 31.5 Å². The molecule has 12 heteroatoms. The fourth-order valence-electron chi connectivity index (χ4n) is 3.40. The van der Waals surface area contributed by atoms with E-state index in [1.807, 2.05) is 0 Å². The lowest BCUT2D eigenvalue weighted by Gasteiger charge is -2.20. The van der Waals surface area contributed by atoms with E-state index in [0.29, 0.717) is 17.8 Å². The number of likely N-dealkylation sites (tertiary alicyclic amines) is 1. The van der Waals surface area contributed by atoms with Crippen molar-refractivity contribution in [3.63, 3.8) is 0 Å². The Hall–Kier alpha value is -2.13. The summed E-state index contributed by atoms with van der Waals surface area (Å²) in [6.45, 7) is 1.41. The number of halogens is 4. The topological polar surface area (TPSA) is 71.0 Å². The van der Waals surface area contributed by atoms with Crippen molar-refractivity contribution in [3.05, 3.63) is 57.9 Å². The third kappa shape index (κ3) is 5.26. The predicted octanol–water partition coefficient (Wildman–Crippen LogP) is 5.32. The van der Waals surface area contributed by atoms with Crippen LogP contribution in [0.3, 0.4) is 0 Å². The highest BCUT2D eigenvalue weighted by Crippen LogP contribution is 2.37. The van der Waals surface area contributed by atoms with Crippen molar-refractivity contribution in [3.8, 4) is 11.3 Å². The fraction of sp³-hybridized carbons (Fsp3) is 0.300. The molecule has 32 heavy (non-hydrogen) atoms. The van der Waals surface area contributed by atoms with Crippen molar-refractivity contribution in [1.29, 1.82) is 0 Å². The maximum absolute atomic E-state index is 13.2. The maximum atomic E-state index is 13.2. The number of thiazole rings is 1. The highest BCUT2D eigenvalue weighted by Gasteiger charge is 2.31. The lowest BCUT2D eigenvalue weighted by molar-refractivity contribution is -0.137. The molecule has 3 heterocycles. The summed E-state index contributed by atoms with van der Waals surface area (Å²) in [6.07, 6.45) is 0.107. The lowest BCUT2D eigenvalue weighted by atomic mass is 10.1. The molecule has 1 aliphatic heterocycles. The van der Waals surface area contributed by atoms with Crippen LogP contribution >= 0.6 is 32.2 Å². The molecule has 1 unspecified atom stereocenters. The number of nitrogens with one attached hydrogen (secondary N) is 1. The lowest BCUT2D eigenvalue weighted by Crippen LogP contribution is -2.23. The molecule has 1 amide bonds. The van der Waals surface area contributed by atoms with Gasteiger partial charge in [0.2, 0.25) is 0 Å². The van der Waals surface area contributed by atoms with Crippen LogP contribution in [0, 0.1) is 0 Å². The molecule has 0 bridgehead atoms. The minimum absolute atomic E-state index is 0.0522. The van der Waals surface area contributed by atoms with E-state index >= 15 is 0 Å². The first kappa shape index (κ1) is 23.0. The van der Waals surface area contributed by atoms with E-state index < -0.39 is 17.6 Å². The van der Waals surface area contributed by atoms with Crippen LogP contribution in [0.25, 0.3) is 11.3 Å². The predicted molar refractivity (Wildman–Crippen MR) is 121 cm³/mol. The Bertz CT molecular complexity index is 1130.